The Hall–Kier alpha value is -1.58. The Bertz CT molecular complexity index is 660. The monoisotopic (exact) mass is 331 g/mol. The van der Waals surface area contributed by atoms with Gasteiger partial charge in [-0.1, -0.05) is 22.3 Å². The van der Waals surface area contributed by atoms with Gasteiger partial charge in [0.2, 0.25) is 5.91 Å². The van der Waals surface area contributed by atoms with E-state index >= 15 is 0 Å². The SMILES string of the molecule is COC(=O)[C@@]12CC(C)=C(C)C[C@@H]1[C@H]1CC(C)=C(C)C[C@@H]1C(=O)N2C. The number of amides is 1. The second-order valence-electron chi connectivity index (χ2n) is 8.10. The van der Waals surface area contributed by atoms with Crippen molar-refractivity contribution in [3.05, 3.63) is 22.3 Å². The van der Waals surface area contributed by atoms with Gasteiger partial charge in [0.1, 0.15) is 5.54 Å². The van der Waals surface area contributed by atoms with Crippen LogP contribution in [0, 0.1) is 17.8 Å². The molecule has 3 aliphatic rings. The molecule has 1 amide bonds. The fraction of sp³-hybridized carbons (Fsp3) is 0.700. The predicted octanol–water partition coefficient (Wildman–Crippen LogP) is 3.48. The first-order valence-corrected chi connectivity index (χ1v) is 8.90. The summed E-state index contributed by atoms with van der Waals surface area (Å²) in [4.78, 5) is 27.8. The Labute approximate surface area is 144 Å². The molecule has 0 aromatic carbocycles. The molecule has 0 saturated carbocycles. The first-order chi connectivity index (χ1) is 11.2. The van der Waals surface area contributed by atoms with Crippen molar-refractivity contribution in [2.24, 2.45) is 17.8 Å². The van der Waals surface area contributed by atoms with Crippen LogP contribution in [0.2, 0.25) is 0 Å². The number of hydrogen-bond acceptors (Lipinski definition) is 3. The summed E-state index contributed by atoms with van der Waals surface area (Å²) in [5, 5.41) is 0. The quantitative estimate of drug-likeness (QED) is 0.546. The highest BCUT2D eigenvalue weighted by molar-refractivity contribution is 5.92. The molecular formula is C20H29NO3. The standard InChI is InChI=1S/C20H29NO3/c1-11-7-15-16(8-12(11)2)18(22)21(5)20(19(23)24-6)10-14(4)13(3)9-17(15)20/h15-17H,7-10H2,1-6H3/t15-,16-,17+,20+/m0/s1. The highest BCUT2D eigenvalue weighted by Crippen LogP contribution is 2.54. The van der Waals surface area contributed by atoms with Crippen molar-refractivity contribution in [2.45, 2.75) is 58.9 Å². The molecule has 3 rings (SSSR count). The van der Waals surface area contributed by atoms with Crippen molar-refractivity contribution >= 4 is 11.9 Å². The number of fused-ring (bicyclic) bond motifs is 3. The van der Waals surface area contributed by atoms with Gasteiger partial charge in [0.15, 0.2) is 0 Å². The summed E-state index contributed by atoms with van der Waals surface area (Å²) < 4.78 is 5.21. The van der Waals surface area contributed by atoms with Gasteiger partial charge in [-0.3, -0.25) is 4.79 Å². The van der Waals surface area contributed by atoms with Gasteiger partial charge in [0, 0.05) is 25.3 Å². The number of nitrogens with zero attached hydrogens (tertiary/aromatic N) is 1. The maximum Gasteiger partial charge on any atom is 0.332 e. The maximum absolute atomic E-state index is 13.2. The predicted molar refractivity (Wildman–Crippen MR) is 93.2 cm³/mol. The van der Waals surface area contributed by atoms with E-state index in [1.165, 1.54) is 29.4 Å². The highest BCUT2D eigenvalue weighted by atomic mass is 16.5. The van der Waals surface area contributed by atoms with Gasteiger partial charge in [-0.05, 0) is 52.9 Å². The molecule has 0 aromatic heterocycles. The van der Waals surface area contributed by atoms with Crippen molar-refractivity contribution in [1.29, 1.82) is 0 Å². The molecule has 0 unspecified atom stereocenters. The van der Waals surface area contributed by atoms with Gasteiger partial charge < -0.3 is 9.64 Å². The average Bonchev–Trinajstić information content (AvgIpc) is 2.55. The minimum Gasteiger partial charge on any atom is -0.467 e. The van der Waals surface area contributed by atoms with Crippen LogP contribution >= 0.6 is 0 Å². The molecule has 1 fully saturated rings. The van der Waals surface area contributed by atoms with Crippen LogP contribution in [0.15, 0.2) is 22.3 Å². The molecule has 0 aromatic rings. The van der Waals surface area contributed by atoms with E-state index in [1.54, 1.807) is 11.9 Å². The van der Waals surface area contributed by atoms with Crippen molar-refractivity contribution in [2.75, 3.05) is 14.2 Å². The molecule has 1 aliphatic heterocycles. The van der Waals surface area contributed by atoms with Crippen LogP contribution in [0.1, 0.15) is 53.4 Å². The number of carbonyl (C=O) groups excluding carboxylic acids is 2. The summed E-state index contributed by atoms with van der Waals surface area (Å²) in [7, 11) is 3.24. The van der Waals surface area contributed by atoms with Gasteiger partial charge in [-0.15, -0.1) is 0 Å². The summed E-state index contributed by atoms with van der Waals surface area (Å²) >= 11 is 0. The highest BCUT2D eigenvalue weighted by Gasteiger charge is 2.62. The summed E-state index contributed by atoms with van der Waals surface area (Å²) in [5.41, 5.74) is 4.47. The first kappa shape index (κ1) is 17.2. The number of hydrogen-bond donors (Lipinski definition) is 0. The number of ether oxygens (including phenoxy) is 1. The molecule has 4 nitrogen and oxygen atoms in total. The Morgan fingerprint density at radius 2 is 1.62 bits per heavy atom. The molecule has 0 spiro atoms. The van der Waals surface area contributed by atoms with Crippen LogP contribution in [-0.2, 0) is 14.3 Å². The molecule has 132 valence electrons. The normalized spacial score (nSPS) is 36.5. The molecule has 24 heavy (non-hydrogen) atoms. The van der Waals surface area contributed by atoms with E-state index < -0.39 is 5.54 Å². The van der Waals surface area contributed by atoms with Crippen LogP contribution in [0.5, 0.6) is 0 Å². The number of esters is 1. The van der Waals surface area contributed by atoms with E-state index in [-0.39, 0.29) is 29.6 Å². The smallest absolute Gasteiger partial charge is 0.332 e. The molecule has 1 heterocycles. The fourth-order valence-corrected chi connectivity index (χ4v) is 5.23. The average molecular weight is 331 g/mol. The second kappa shape index (κ2) is 5.75. The number of likely N-dealkylation sites (N-methyl/N-ethyl adjacent to an activating group) is 1. The van der Waals surface area contributed by atoms with E-state index in [0.717, 1.165) is 19.3 Å². The summed E-state index contributed by atoms with van der Waals surface area (Å²) in [5.74, 6) is 0.245. The van der Waals surface area contributed by atoms with Crippen LogP contribution < -0.4 is 0 Å². The molecular weight excluding hydrogens is 302 g/mol. The number of rotatable bonds is 1. The number of methoxy groups -OCH3 is 1. The van der Waals surface area contributed by atoms with Crippen LogP contribution in [0.25, 0.3) is 0 Å². The molecule has 0 bridgehead atoms. The van der Waals surface area contributed by atoms with Crippen molar-refractivity contribution in [3.63, 3.8) is 0 Å². The van der Waals surface area contributed by atoms with Crippen molar-refractivity contribution < 1.29 is 14.3 Å². The van der Waals surface area contributed by atoms with E-state index in [2.05, 4.69) is 27.7 Å². The second-order valence-corrected chi connectivity index (χ2v) is 8.10. The zero-order valence-electron chi connectivity index (χ0n) is 15.7. The minimum atomic E-state index is -0.831. The lowest BCUT2D eigenvalue weighted by Gasteiger charge is -2.57. The molecule has 0 radical (unpaired) electrons. The third kappa shape index (κ3) is 2.18. The van der Waals surface area contributed by atoms with Crippen molar-refractivity contribution in [3.8, 4) is 0 Å². The zero-order valence-corrected chi connectivity index (χ0v) is 15.7. The van der Waals surface area contributed by atoms with E-state index in [1.807, 2.05) is 0 Å². The van der Waals surface area contributed by atoms with Crippen LogP contribution in [0.3, 0.4) is 0 Å². The van der Waals surface area contributed by atoms with E-state index in [4.69, 9.17) is 4.74 Å². The van der Waals surface area contributed by atoms with Gasteiger partial charge in [-0.2, -0.15) is 0 Å². The summed E-state index contributed by atoms with van der Waals surface area (Å²) in [6, 6.07) is 0. The lowest BCUT2D eigenvalue weighted by Crippen LogP contribution is -2.69. The van der Waals surface area contributed by atoms with Gasteiger partial charge in [-0.25, -0.2) is 4.79 Å². The van der Waals surface area contributed by atoms with E-state index in [0.29, 0.717) is 6.42 Å². The van der Waals surface area contributed by atoms with Gasteiger partial charge in [0.05, 0.1) is 7.11 Å². The fourth-order valence-electron chi connectivity index (χ4n) is 5.23. The molecule has 4 atom stereocenters. The molecule has 1 saturated heterocycles. The number of allylic oxidation sites excluding steroid dienone is 3. The van der Waals surface area contributed by atoms with Crippen molar-refractivity contribution in [1.82, 2.24) is 4.90 Å². The van der Waals surface area contributed by atoms with Crippen LogP contribution in [0.4, 0.5) is 0 Å². The van der Waals surface area contributed by atoms with Gasteiger partial charge in [0.25, 0.3) is 0 Å². The number of piperidine rings is 1. The lowest BCUT2D eigenvalue weighted by atomic mass is 9.56. The largest absolute Gasteiger partial charge is 0.467 e. The van der Waals surface area contributed by atoms with E-state index in [9.17, 15) is 9.59 Å². The number of likely N-dealkylation sites (tertiary alicyclic amines) is 1. The Morgan fingerprint density at radius 3 is 2.25 bits per heavy atom. The summed E-state index contributed by atoms with van der Waals surface area (Å²) in [6.45, 7) is 8.55. The minimum absolute atomic E-state index is 0.00712. The zero-order chi connectivity index (χ0) is 17.8. The maximum atomic E-state index is 13.2. The lowest BCUT2D eigenvalue weighted by molar-refractivity contribution is -0.179. The third-order valence-electron chi connectivity index (χ3n) is 7.02. The molecule has 2 aliphatic carbocycles. The Balaban J connectivity index is 2.15. The topological polar surface area (TPSA) is 46.6 Å². The molecule has 0 N–H and O–H groups in total. The molecule has 4 heteroatoms. The number of carbonyl (C=O) groups is 2. The van der Waals surface area contributed by atoms with Crippen LogP contribution in [-0.4, -0.2) is 36.5 Å². The Morgan fingerprint density at radius 1 is 1.04 bits per heavy atom. The Kier molecular flexibility index (Phi) is 4.13. The third-order valence-corrected chi connectivity index (χ3v) is 7.02. The summed E-state index contributed by atoms with van der Waals surface area (Å²) in [6.07, 6.45) is 3.23. The van der Waals surface area contributed by atoms with Gasteiger partial charge >= 0.3 is 5.97 Å². The first-order valence-electron chi connectivity index (χ1n) is 8.90.